The molecule has 1 aliphatic carbocycles. The Morgan fingerprint density at radius 3 is 2.62 bits per heavy atom. The summed E-state index contributed by atoms with van der Waals surface area (Å²) < 4.78 is 0. The topological polar surface area (TPSA) is 52.7 Å². The van der Waals surface area contributed by atoms with Crippen LogP contribution in [0.15, 0.2) is 53.4 Å². The highest BCUT2D eigenvalue weighted by atomic mass is 32.2. The molecule has 2 unspecified atom stereocenters. The van der Waals surface area contributed by atoms with Crippen LogP contribution < -0.4 is 5.32 Å². The van der Waals surface area contributed by atoms with Gasteiger partial charge >= 0.3 is 0 Å². The summed E-state index contributed by atoms with van der Waals surface area (Å²) in [5.74, 6) is 0.104. The van der Waals surface area contributed by atoms with E-state index in [2.05, 4.69) is 46.3 Å². The summed E-state index contributed by atoms with van der Waals surface area (Å²) in [6.07, 6.45) is 10.3. The van der Waals surface area contributed by atoms with Crippen LogP contribution in [-0.4, -0.2) is 59.1 Å². The summed E-state index contributed by atoms with van der Waals surface area (Å²) in [5.41, 5.74) is 4.05. The van der Waals surface area contributed by atoms with Gasteiger partial charge in [-0.2, -0.15) is 0 Å². The Kier molecular flexibility index (Phi) is 8.67. The molecule has 2 aromatic rings. The maximum absolute atomic E-state index is 13.7. The molecule has 0 spiro atoms. The van der Waals surface area contributed by atoms with Crippen molar-refractivity contribution in [3.63, 3.8) is 0 Å². The van der Waals surface area contributed by atoms with Gasteiger partial charge in [0, 0.05) is 29.9 Å². The quantitative estimate of drug-likeness (QED) is 0.364. The number of nitrogens with zero attached hydrogens (tertiary/aromatic N) is 2. The lowest BCUT2D eigenvalue weighted by molar-refractivity contribution is -0.130. The molecule has 3 aliphatic rings. The predicted octanol–water partition coefficient (Wildman–Crippen LogP) is 5.64. The summed E-state index contributed by atoms with van der Waals surface area (Å²) in [7, 11) is 0. The summed E-state index contributed by atoms with van der Waals surface area (Å²) in [6, 6.07) is 16.4. The molecule has 37 heavy (non-hydrogen) atoms. The normalized spacial score (nSPS) is 23.3. The minimum absolute atomic E-state index is 0.0295. The number of carbonyl (C=O) groups is 2. The maximum atomic E-state index is 13.7. The Morgan fingerprint density at radius 2 is 1.84 bits per heavy atom. The molecular formula is C31H39N3O2S. The van der Waals surface area contributed by atoms with E-state index in [1.165, 1.54) is 49.9 Å². The molecule has 5 rings (SSSR count). The molecule has 0 radical (unpaired) electrons. The maximum Gasteiger partial charge on any atom is 0.260 e. The van der Waals surface area contributed by atoms with Gasteiger partial charge < -0.3 is 15.1 Å². The van der Waals surface area contributed by atoms with Crippen LogP contribution >= 0.6 is 11.8 Å². The first-order chi connectivity index (χ1) is 18.1. The highest BCUT2D eigenvalue weighted by molar-refractivity contribution is 8.04. The van der Waals surface area contributed by atoms with Crippen molar-refractivity contribution in [1.29, 1.82) is 0 Å². The molecule has 1 saturated carbocycles. The van der Waals surface area contributed by atoms with Gasteiger partial charge in [0.25, 0.3) is 11.8 Å². The van der Waals surface area contributed by atoms with E-state index >= 15 is 0 Å². The fourth-order valence-electron chi connectivity index (χ4n) is 5.86. The largest absolute Gasteiger partial charge is 0.352 e. The monoisotopic (exact) mass is 517 g/mol. The minimum atomic E-state index is -0.0295. The van der Waals surface area contributed by atoms with Crippen LogP contribution in [0.2, 0.25) is 0 Å². The molecule has 2 amide bonds. The third-order valence-corrected chi connectivity index (χ3v) is 9.26. The number of thioether (sulfide) groups is 1. The number of hydrogen-bond donors (Lipinski definition) is 1. The highest BCUT2D eigenvalue weighted by Gasteiger charge is 2.40. The molecule has 0 bridgehead atoms. The minimum Gasteiger partial charge on any atom is -0.352 e. The van der Waals surface area contributed by atoms with Gasteiger partial charge in [-0.25, -0.2) is 0 Å². The van der Waals surface area contributed by atoms with Crippen LogP contribution in [0.5, 0.6) is 0 Å². The fourth-order valence-corrected chi connectivity index (χ4v) is 7.34. The predicted molar refractivity (Wildman–Crippen MR) is 152 cm³/mol. The van der Waals surface area contributed by atoms with Gasteiger partial charge in [0.05, 0.1) is 4.91 Å². The second-order valence-corrected chi connectivity index (χ2v) is 12.0. The van der Waals surface area contributed by atoms with Crippen molar-refractivity contribution in [2.24, 2.45) is 0 Å². The van der Waals surface area contributed by atoms with Crippen LogP contribution in [0, 0.1) is 6.92 Å². The first-order valence-corrected chi connectivity index (χ1v) is 14.8. The zero-order valence-electron chi connectivity index (χ0n) is 22.0. The number of hydrogen-bond acceptors (Lipinski definition) is 4. The lowest BCUT2D eigenvalue weighted by Crippen LogP contribution is -2.50. The van der Waals surface area contributed by atoms with E-state index in [4.69, 9.17) is 0 Å². The molecule has 5 nitrogen and oxygen atoms in total. The summed E-state index contributed by atoms with van der Waals surface area (Å²) in [4.78, 5) is 31.6. The zero-order valence-corrected chi connectivity index (χ0v) is 22.8. The molecule has 6 heteroatoms. The Labute approximate surface area is 225 Å². The molecule has 2 heterocycles. The van der Waals surface area contributed by atoms with Gasteiger partial charge in [-0.1, -0.05) is 54.8 Å². The molecule has 2 saturated heterocycles. The number of aryl methyl sites for hydroxylation is 1. The van der Waals surface area contributed by atoms with E-state index in [-0.39, 0.29) is 11.8 Å². The van der Waals surface area contributed by atoms with Gasteiger partial charge in [0.2, 0.25) is 0 Å². The van der Waals surface area contributed by atoms with Crippen LogP contribution in [0.4, 0.5) is 0 Å². The third-order valence-electron chi connectivity index (χ3n) is 7.86. The van der Waals surface area contributed by atoms with Crippen molar-refractivity contribution in [3.05, 3.63) is 75.7 Å². The first-order valence-electron chi connectivity index (χ1n) is 13.9. The molecule has 2 atom stereocenters. The Balaban J connectivity index is 1.23. The number of rotatable bonds is 8. The lowest BCUT2D eigenvalue weighted by Gasteiger charge is -2.44. The van der Waals surface area contributed by atoms with Crippen molar-refractivity contribution in [1.82, 2.24) is 15.1 Å². The van der Waals surface area contributed by atoms with Gasteiger partial charge in [-0.3, -0.25) is 9.59 Å². The number of amides is 2. The zero-order chi connectivity index (χ0) is 25.6. The highest BCUT2D eigenvalue weighted by Crippen LogP contribution is 2.42. The van der Waals surface area contributed by atoms with Gasteiger partial charge in [-0.05, 0) is 88.0 Å². The van der Waals surface area contributed by atoms with Gasteiger partial charge in [0.1, 0.15) is 0 Å². The molecule has 2 aliphatic heterocycles. The molecule has 0 aromatic heterocycles. The number of nitrogens with one attached hydrogen (secondary N) is 1. The molecule has 1 N–H and O–H groups in total. The molecule has 196 valence electrons. The van der Waals surface area contributed by atoms with Crippen LogP contribution in [0.25, 0.3) is 6.08 Å². The smallest absolute Gasteiger partial charge is 0.260 e. The fraction of sp³-hybridized carbons (Fsp3) is 0.484. The third kappa shape index (κ3) is 6.66. The Hall–Kier alpha value is -2.57. The lowest BCUT2D eigenvalue weighted by atomic mass is 9.92. The van der Waals surface area contributed by atoms with Crippen LogP contribution in [0.1, 0.15) is 72.0 Å². The SMILES string of the molecule is Cc1cccc(CN2C(=O)/C(=C\c3ccc(C(=O)NCCCN4CCCC4)cc3)SC3CCCCC32)c1. The van der Waals surface area contributed by atoms with Gasteiger partial charge in [0.15, 0.2) is 0 Å². The molecular weight excluding hydrogens is 478 g/mol. The standard InChI is InChI=1S/C31H39N3O2S/c1-23-8-6-9-25(20-23)22-34-27-10-2-3-11-28(27)37-29(31(34)36)21-24-12-14-26(15-13-24)30(35)32-16-7-19-33-17-4-5-18-33/h6,8-9,12-15,20-21,27-28H,2-5,7,10-11,16-19,22H2,1H3,(H,32,35)/b29-21+. The van der Waals surface area contributed by atoms with E-state index in [1.54, 1.807) is 11.8 Å². The number of benzene rings is 2. The second kappa shape index (κ2) is 12.3. The number of fused-ring (bicyclic) bond motifs is 1. The summed E-state index contributed by atoms with van der Waals surface area (Å²) in [6.45, 7) is 6.90. The summed E-state index contributed by atoms with van der Waals surface area (Å²) >= 11 is 1.76. The van der Waals surface area contributed by atoms with Crippen molar-refractivity contribution >= 4 is 29.7 Å². The van der Waals surface area contributed by atoms with Crippen molar-refractivity contribution in [3.8, 4) is 0 Å². The van der Waals surface area contributed by atoms with E-state index in [1.807, 2.05) is 30.3 Å². The van der Waals surface area contributed by atoms with E-state index in [9.17, 15) is 9.59 Å². The Morgan fingerprint density at radius 1 is 1.05 bits per heavy atom. The molecule has 2 aromatic carbocycles. The molecule has 3 fully saturated rings. The average molecular weight is 518 g/mol. The van der Waals surface area contributed by atoms with E-state index in [0.717, 1.165) is 36.3 Å². The van der Waals surface area contributed by atoms with Crippen LogP contribution in [-0.2, 0) is 11.3 Å². The first kappa shape index (κ1) is 26.1. The van der Waals surface area contributed by atoms with E-state index < -0.39 is 0 Å². The van der Waals surface area contributed by atoms with Crippen molar-refractivity contribution in [2.75, 3.05) is 26.2 Å². The average Bonchev–Trinajstić information content (AvgIpc) is 3.43. The van der Waals surface area contributed by atoms with E-state index in [0.29, 0.717) is 29.9 Å². The number of likely N-dealkylation sites (tertiary alicyclic amines) is 1. The van der Waals surface area contributed by atoms with Gasteiger partial charge in [-0.15, -0.1) is 11.8 Å². The Bertz CT molecular complexity index is 1120. The van der Waals surface area contributed by atoms with Crippen molar-refractivity contribution in [2.45, 2.75) is 69.7 Å². The van der Waals surface area contributed by atoms with Crippen LogP contribution in [0.3, 0.4) is 0 Å². The van der Waals surface area contributed by atoms with Crippen molar-refractivity contribution < 1.29 is 9.59 Å². The number of carbonyl (C=O) groups excluding carboxylic acids is 2. The summed E-state index contributed by atoms with van der Waals surface area (Å²) in [5, 5.41) is 3.50. The second-order valence-electron chi connectivity index (χ2n) is 10.7.